The first-order valence-electron chi connectivity index (χ1n) is 9.28. The Bertz CT molecular complexity index is 662. The Labute approximate surface area is 150 Å². The number of ether oxygens (including phenoxy) is 1. The lowest BCUT2D eigenvalue weighted by atomic mass is 9.91. The maximum Gasteiger partial charge on any atom is 0.128 e. The minimum atomic E-state index is -0.215. The van der Waals surface area contributed by atoms with Gasteiger partial charge in [-0.3, -0.25) is 4.99 Å². The summed E-state index contributed by atoms with van der Waals surface area (Å²) >= 11 is 0. The van der Waals surface area contributed by atoms with Gasteiger partial charge in [-0.1, -0.05) is 26.0 Å². The van der Waals surface area contributed by atoms with E-state index in [1.807, 2.05) is 13.8 Å². The molecule has 136 valence electrons. The Hall–Kier alpha value is -2.10. The molecule has 1 aromatic rings. The van der Waals surface area contributed by atoms with Gasteiger partial charge in [0.2, 0.25) is 0 Å². The summed E-state index contributed by atoms with van der Waals surface area (Å²) < 4.78 is 18.9. The third-order valence-electron chi connectivity index (χ3n) is 4.31. The van der Waals surface area contributed by atoms with Gasteiger partial charge >= 0.3 is 0 Å². The zero-order valence-corrected chi connectivity index (χ0v) is 15.6. The van der Waals surface area contributed by atoms with Crippen molar-refractivity contribution < 1.29 is 9.13 Å². The Morgan fingerprint density at radius 3 is 2.68 bits per heavy atom. The van der Waals surface area contributed by atoms with Gasteiger partial charge in [0, 0.05) is 18.7 Å². The van der Waals surface area contributed by atoms with E-state index in [-0.39, 0.29) is 5.82 Å². The lowest BCUT2D eigenvalue weighted by Gasteiger charge is -2.22. The average Bonchev–Trinajstić information content (AvgIpc) is 2.69. The molecule has 0 radical (unpaired) electrons. The molecule has 1 N–H and O–H groups in total. The standard InChI is InChI=1S/C19H23FN2O.C2H6/c1-23-18-10-9-16(20)13-15(18)8-7-14-5-2-3-6-17(14)19-21-11-4-12-22-19;1-2/h5-6,9-10,13H,2-4,7-8,11-12H2,1H3,(H,21,22);1-2H3. The number of nitrogens with zero attached hydrogens (tertiary/aromatic N) is 1. The largest absolute Gasteiger partial charge is 0.496 e. The van der Waals surface area contributed by atoms with E-state index in [1.165, 1.54) is 17.2 Å². The summed E-state index contributed by atoms with van der Waals surface area (Å²) in [6, 6.07) is 4.71. The topological polar surface area (TPSA) is 33.6 Å². The number of benzene rings is 1. The number of hydrogen-bond acceptors (Lipinski definition) is 3. The lowest BCUT2D eigenvalue weighted by molar-refractivity contribution is 0.408. The first kappa shape index (κ1) is 19.2. The van der Waals surface area contributed by atoms with Crippen molar-refractivity contribution in [1.29, 1.82) is 0 Å². The number of aliphatic imine (C=N–C) groups is 1. The zero-order valence-electron chi connectivity index (χ0n) is 15.6. The number of rotatable bonds is 5. The molecule has 0 spiro atoms. The SMILES string of the molecule is CC.COc1ccc(F)cc1CCC1=CCCC=C1C1=NCCCN1. The predicted molar refractivity (Wildman–Crippen MR) is 103 cm³/mol. The Morgan fingerprint density at radius 2 is 1.96 bits per heavy atom. The van der Waals surface area contributed by atoms with E-state index in [0.29, 0.717) is 0 Å². The highest BCUT2D eigenvalue weighted by Gasteiger charge is 2.17. The Morgan fingerprint density at radius 1 is 1.16 bits per heavy atom. The highest BCUT2D eigenvalue weighted by atomic mass is 19.1. The van der Waals surface area contributed by atoms with E-state index in [4.69, 9.17) is 4.74 Å². The van der Waals surface area contributed by atoms with Crippen LogP contribution in [0, 0.1) is 5.82 Å². The lowest BCUT2D eigenvalue weighted by Crippen LogP contribution is -2.32. The minimum absolute atomic E-state index is 0.215. The molecule has 0 amide bonds. The fourth-order valence-corrected chi connectivity index (χ4v) is 3.14. The first-order valence-corrected chi connectivity index (χ1v) is 9.28. The molecule has 25 heavy (non-hydrogen) atoms. The van der Waals surface area contributed by atoms with Crippen LogP contribution in [0.2, 0.25) is 0 Å². The van der Waals surface area contributed by atoms with Gasteiger partial charge in [-0.15, -0.1) is 0 Å². The van der Waals surface area contributed by atoms with Crippen molar-refractivity contribution in [3.8, 4) is 5.75 Å². The number of methoxy groups -OCH3 is 1. The highest BCUT2D eigenvalue weighted by Crippen LogP contribution is 2.27. The minimum Gasteiger partial charge on any atom is -0.496 e. The molecule has 4 heteroatoms. The summed E-state index contributed by atoms with van der Waals surface area (Å²) in [4.78, 5) is 4.62. The summed E-state index contributed by atoms with van der Waals surface area (Å²) in [5, 5.41) is 3.40. The molecule has 3 rings (SSSR count). The van der Waals surface area contributed by atoms with Crippen molar-refractivity contribution in [2.24, 2.45) is 4.99 Å². The maximum absolute atomic E-state index is 13.5. The van der Waals surface area contributed by atoms with E-state index in [0.717, 1.165) is 62.3 Å². The second kappa shape index (κ2) is 10.0. The molecule has 1 aromatic carbocycles. The summed E-state index contributed by atoms with van der Waals surface area (Å²) in [6.07, 6.45) is 9.41. The summed E-state index contributed by atoms with van der Waals surface area (Å²) in [5.74, 6) is 1.56. The van der Waals surface area contributed by atoms with Crippen LogP contribution in [0.4, 0.5) is 4.39 Å². The summed E-state index contributed by atoms with van der Waals surface area (Å²) in [7, 11) is 1.63. The predicted octanol–water partition coefficient (Wildman–Crippen LogP) is 4.83. The molecule has 0 saturated heterocycles. The Balaban J connectivity index is 0.00000109. The van der Waals surface area contributed by atoms with Crippen LogP contribution >= 0.6 is 0 Å². The number of nitrogens with one attached hydrogen (secondary N) is 1. The quantitative estimate of drug-likeness (QED) is 0.830. The summed E-state index contributed by atoms with van der Waals surface area (Å²) in [6.45, 7) is 5.88. The van der Waals surface area contributed by atoms with Crippen molar-refractivity contribution in [1.82, 2.24) is 5.32 Å². The molecule has 2 aliphatic rings. The van der Waals surface area contributed by atoms with Crippen molar-refractivity contribution in [3.05, 3.63) is 52.9 Å². The molecule has 0 fully saturated rings. The first-order chi connectivity index (χ1) is 12.3. The normalized spacial score (nSPS) is 16.6. The molecule has 0 bridgehead atoms. The van der Waals surface area contributed by atoms with Crippen LogP contribution in [0.25, 0.3) is 0 Å². The van der Waals surface area contributed by atoms with Crippen LogP contribution in [0.15, 0.2) is 46.5 Å². The smallest absolute Gasteiger partial charge is 0.128 e. The van der Waals surface area contributed by atoms with Gasteiger partial charge in [0.15, 0.2) is 0 Å². The zero-order chi connectivity index (χ0) is 18.1. The van der Waals surface area contributed by atoms with Gasteiger partial charge in [0.1, 0.15) is 17.4 Å². The molecule has 3 nitrogen and oxygen atoms in total. The maximum atomic E-state index is 13.5. The fourth-order valence-electron chi connectivity index (χ4n) is 3.14. The second-order valence-corrected chi connectivity index (χ2v) is 5.89. The third-order valence-corrected chi connectivity index (χ3v) is 4.31. The summed E-state index contributed by atoms with van der Waals surface area (Å²) in [5.41, 5.74) is 3.44. The number of aryl methyl sites for hydroxylation is 1. The van der Waals surface area contributed by atoms with Gasteiger partial charge < -0.3 is 10.1 Å². The van der Waals surface area contributed by atoms with Crippen molar-refractivity contribution in [3.63, 3.8) is 0 Å². The van der Waals surface area contributed by atoms with Gasteiger partial charge in [0.05, 0.1) is 7.11 Å². The molecule has 0 atom stereocenters. The van der Waals surface area contributed by atoms with Crippen LogP contribution in [0.5, 0.6) is 5.75 Å². The molecular weight excluding hydrogens is 315 g/mol. The molecule has 1 aliphatic heterocycles. The van der Waals surface area contributed by atoms with E-state index in [1.54, 1.807) is 19.2 Å². The fraction of sp³-hybridized carbons (Fsp3) is 0.476. The van der Waals surface area contributed by atoms with Crippen molar-refractivity contribution in [2.75, 3.05) is 20.2 Å². The van der Waals surface area contributed by atoms with E-state index >= 15 is 0 Å². The van der Waals surface area contributed by atoms with Crippen LogP contribution in [0.3, 0.4) is 0 Å². The monoisotopic (exact) mass is 344 g/mol. The van der Waals surface area contributed by atoms with E-state index in [2.05, 4.69) is 22.5 Å². The van der Waals surface area contributed by atoms with Crippen LogP contribution < -0.4 is 10.1 Å². The van der Waals surface area contributed by atoms with E-state index in [9.17, 15) is 4.39 Å². The number of hydrogen-bond donors (Lipinski definition) is 1. The third kappa shape index (κ3) is 5.18. The Kier molecular flexibility index (Phi) is 7.71. The van der Waals surface area contributed by atoms with Crippen LogP contribution in [-0.4, -0.2) is 26.0 Å². The highest BCUT2D eigenvalue weighted by molar-refractivity contribution is 6.02. The number of halogens is 1. The van der Waals surface area contributed by atoms with Crippen LogP contribution in [0.1, 0.15) is 45.1 Å². The number of allylic oxidation sites excluding steroid dienone is 2. The molecule has 0 unspecified atom stereocenters. The van der Waals surface area contributed by atoms with Gasteiger partial charge in [-0.05, 0) is 61.4 Å². The molecule has 1 heterocycles. The van der Waals surface area contributed by atoms with Crippen LogP contribution in [-0.2, 0) is 6.42 Å². The van der Waals surface area contributed by atoms with Crippen molar-refractivity contribution >= 4 is 5.84 Å². The van der Waals surface area contributed by atoms with Gasteiger partial charge in [-0.2, -0.15) is 0 Å². The molecule has 0 saturated carbocycles. The molecule has 0 aromatic heterocycles. The van der Waals surface area contributed by atoms with Gasteiger partial charge in [0.25, 0.3) is 0 Å². The number of amidine groups is 1. The van der Waals surface area contributed by atoms with Gasteiger partial charge in [-0.25, -0.2) is 4.39 Å². The second-order valence-electron chi connectivity index (χ2n) is 5.89. The van der Waals surface area contributed by atoms with E-state index < -0.39 is 0 Å². The molecular formula is C21H29FN2O. The average molecular weight is 344 g/mol. The van der Waals surface area contributed by atoms with Crippen molar-refractivity contribution in [2.45, 2.75) is 46.0 Å². The molecule has 1 aliphatic carbocycles.